The molecule has 0 bridgehead atoms. The molecule has 1 unspecified atom stereocenters. The van der Waals surface area contributed by atoms with Gasteiger partial charge in [-0.05, 0) is 12.8 Å². The zero-order valence-electron chi connectivity index (χ0n) is 9.02. The molecule has 0 spiro atoms. The summed E-state index contributed by atoms with van der Waals surface area (Å²) in [6.07, 6.45) is 2.40. The van der Waals surface area contributed by atoms with Crippen molar-refractivity contribution in [1.82, 2.24) is 9.55 Å². The van der Waals surface area contributed by atoms with E-state index in [1.54, 1.807) is 7.05 Å². The second-order valence-corrected chi connectivity index (χ2v) is 3.96. The molecule has 1 atom stereocenters. The van der Waals surface area contributed by atoms with Crippen LogP contribution < -0.4 is 5.69 Å². The average molecular weight is 226 g/mol. The lowest BCUT2D eigenvalue weighted by Gasteiger charge is -2.09. The number of rotatable bonds is 3. The number of H-pyrrole nitrogens is 1. The van der Waals surface area contributed by atoms with E-state index >= 15 is 0 Å². The molecule has 6 heteroatoms. The number of nitrogens with zero attached hydrogens (tertiary/aromatic N) is 1. The Morgan fingerprint density at radius 2 is 2.44 bits per heavy atom. The maximum Gasteiger partial charge on any atom is 0.354 e. The van der Waals surface area contributed by atoms with Crippen LogP contribution in [0.4, 0.5) is 0 Å². The highest BCUT2D eigenvalue weighted by molar-refractivity contribution is 5.86. The normalized spacial score (nSPS) is 20.2. The van der Waals surface area contributed by atoms with E-state index in [1.807, 2.05) is 0 Å². The molecule has 2 heterocycles. The average Bonchev–Trinajstić information content (AvgIpc) is 2.81. The third-order valence-corrected chi connectivity index (χ3v) is 2.89. The summed E-state index contributed by atoms with van der Waals surface area (Å²) in [5, 5.41) is 8.95. The summed E-state index contributed by atoms with van der Waals surface area (Å²) in [5.41, 5.74) is 0.0813. The highest BCUT2D eigenvalue weighted by Gasteiger charge is 2.23. The first-order valence-electron chi connectivity index (χ1n) is 5.22. The molecule has 2 rings (SSSR count). The van der Waals surface area contributed by atoms with Gasteiger partial charge in [0.15, 0.2) is 0 Å². The molecule has 1 aliphatic heterocycles. The Bertz CT molecular complexity index is 454. The largest absolute Gasteiger partial charge is 0.477 e. The van der Waals surface area contributed by atoms with Crippen molar-refractivity contribution in [3.05, 3.63) is 21.9 Å². The number of carboxylic acids is 1. The van der Waals surface area contributed by atoms with Crippen molar-refractivity contribution in [3.8, 4) is 0 Å². The first kappa shape index (κ1) is 10.9. The molecule has 0 aromatic carbocycles. The summed E-state index contributed by atoms with van der Waals surface area (Å²) in [6, 6.07) is 0. The molecule has 16 heavy (non-hydrogen) atoms. The number of carboxylic acid groups (broad SMARTS) is 1. The van der Waals surface area contributed by atoms with Crippen LogP contribution in [-0.4, -0.2) is 33.3 Å². The van der Waals surface area contributed by atoms with Gasteiger partial charge in [0, 0.05) is 20.1 Å². The van der Waals surface area contributed by atoms with Crippen LogP contribution in [0.15, 0.2) is 4.79 Å². The van der Waals surface area contributed by atoms with Gasteiger partial charge in [-0.25, -0.2) is 9.59 Å². The fraction of sp³-hybridized carbons (Fsp3) is 0.600. The van der Waals surface area contributed by atoms with Crippen molar-refractivity contribution in [2.24, 2.45) is 7.05 Å². The van der Waals surface area contributed by atoms with Crippen LogP contribution >= 0.6 is 0 Å². The van der Waals surface area contributed by atoms with E-state index in [9.17, 15) is 9.59 Å². The summed E-state index contributed by atoms with van der Waals surface area (Å²) in [7, 11) is 1.57. The van der Waals surface area contributed by atoms with Crippen LogP contribution in [0, 0.1) is 0 Å². The monoisotopic (exact) mass is 226 g/mol. The Labute approximate surface area is 91.8 Å². The van der Waals surface area contributed by atoms with E-state index in [-0.39, 0.29) is 11.8 Å². The van der Waals surface area contributed by atoms with Crippen molar-refractivity contribution in [2.75, 3.05) is 6.61 Å². The maximum absolute atomic E-state index is 11.3. The molecular formula is C10H14N2O4. The minimum Gasteiger partial charge on any atom is -0.477 e. The number of imidazole rings is 1. The van der Waals surface area contributed by atoms with Gasteiger partial charge in [-0.15, -0.1) is 0 Å². The molecule has 88 valence electrons. The van der Waals surface area contributed by atoms with Gasteiger partial charge in [0.2, 0.25) is 0 Å². The predicted octanol–water partition coefficient (Wildman–Crippen LogP) is 0.133. The highest BCUT2D eigenvalue weighted by atomic mass is 16.5. The zero-order valence-corrected chi connectivity index (χ0v) is 9.02. The minimum absolute atomic E-state index is 0.0250. The van der Waals surface area contributed by atoms with Crippen LogP contribution in [0.25, 0.3) is 0 Å². The van der Waals surface area contributed by atoms with E-state index in [4.69, 9.17) is 9.84 Å². The van der Waals surface area contributed by atoms with Crippen LogP contribution in [0.5, 0.6) is 0 Å². The zero-order chi connectivity index (χ0) is 11.7. The number of aromatic nitrogens is 2. The first-order valence-corrected chi connectivity index (χ1v) is 5.22. The molecule has 1 aromatic rings. The number of hydrogen-bond donors (Lipinski definition) is 2. The Kier molecular flexibility index (Phi) is 2.82. The van der Waals surface area contributed by atoms with Crippen LogP contribution in [0.3, 0.4) is 0 Å². The van der Waals surface area contributed by atoms with Crippen molar-refractivity contribution in [3.63, 3.8) is 0 Å². The Hall–Kier alpha value is -1.56. The second kappa shape index (κ2) is 4.13. The van der Waals surface area contributed by atoms with Crippen molar-refractivity contribution >= 4 is 5.97 Å². The lowest BCUT2D eigenvalue weighted by atomic mass is 10.1. The van der Waals surface area contributed by atoms with Gasteiger partial charge < -0.3 is 9.84 Å². The molecule has 1 aromatic heterocycles. The number of nitrogens with one attached hydrogen (secondary N) is 1. The molecule has 0 amide bonds. The molecule has 1 fully saturated rings. The molecular weight excluding hydrogens is 212 g/mol. The molecule has 0 saturated carbocycles. The van der Waals surface area contributed by atoms with E-state index < -0.39 is 11.7 Å². The quantitative estimate of drug-likeness (QED) is 0.767. The third kappa shape index (κ3) is 1.88. The van der Waals surface area contributed by atoms with Crippen LogP contribution in [0.2, 0.25) is 0 Å². The molecule has 0 radical (unpaired) electrons. The summed E-state index contributed by atoms with van der Waals surface area (Å²) >= 11 is 0. The molecule has 6 nitrogen and oxygen atoms in total. The highest BCUT2D eigenvalue weighted by Crippen LogP contribution is 2.17. The molecule has 2 N–H and O–H groups in total. The number of carbonyl (C=O) groups is 1. The van der Waals surface area contributed by atoms with Gasteiger partial charge in [-0.3, -0.25) is 9.55 Å². The van der Waals surface area contributed by atoms with E-state index in [0.29, 0.717) is 18.7 Å². The lowest BCUT2D eigenvalue weighted by molar-refractivity contribution is 0.0687. The summed E-state index contributed by atoms with van der Waals surface area (Å²) < 4.78 is 6.77. The third-order valence-electron chi connectivity index (χ3n) is 2.89. The Morgan fingerprint density at radius 1 is 1.69 bits per heavy atom. The Morgan fingerprint density at radius 3 is 3.00 bits per heavy atom. The van der Waals surface area contributed by atoms with E-state index in [0.717, 1.165) is 12.8 Å². The van der Waals surface area contributed by atoms with Gasteiger partial charge in [0.25, 0.3) is 0 Å². The number of ether oxygens (including phenoxy) is 1. The van der Waals surface area contributed by atoms with Gasteiger partial charge >= 0.3 is 11.7 Å². The Balaban J connectivity index is 2.30. The van der Waals surface area contributed by atoms with Crippen molar-refractivity contribution < 1.29 is 14.6 Å². The standard InChI is InChI=1S/C10H14N2O4/c1-12-7(5-6-3-2-4-16-6)8(9(13)14)11-10(12)15/h6H,2-5H2,1H3,(H,11,15)(H,13,14). The van der Waals surface area contributed by atoms with Crippen molar-refractivity contribution in [1.29, 1.82) is 0 Å². The van der Waals surface area contributed by atoms with Crippen molar-refractivity contribution in [2.45, 2.75) is 25.4 Å². The fourth-order valence-corrected chi connectivity index (χ4v) is 1.99. The maximum atomic E-state index is 11.3. The van der Waals surface area contributed by atoms with Crippen LogP contribution in [-0.2, 0) is 18.2 Å². The summed E-state index contributed by atoms with van der Waals surface area (Å²) in [4.78, 5) is 24.6. The second-order valence-electron chi connectivity index (χ2n) is 3.96. The smallest absolute Gasteiger partial charge is 0.354 e. The van der Waals surface area contributed by atoms with E-state index in [2.05, 4.69) is 4.98 Å². The SMILES string of the molecule is Cn1c(CC2CCCO2)c(C(=O)O)[nH]c1=O. The molecule has 0 aliphatic carbocycles. The predicted molar refractivity (Wildman–Crippen MR) is 55.7 cm³/mol. The van der Waals surface area contributed by atoms with Gasteiger partial charge in [-0.1, -0.05) is 0 Å². The number of aromatic amines is 1. The lowest BCUT2D eigenvalue weighted by Crippen LogP contribution is -2.18. The number of aromatic carboxylic acids is 1. The topological polar surface area (TPSA) is 84.3 Å². The van der Waals surface area contributed by atoms with Gasteiger partial charge in [0.1, 0.15) is 5.69 Å². The summed E-state index contributed by atoms with van der Waals surface area (Å²) in [5.74, 6) is -1.11. The van der Waals surface area contributed by atoms with Gasteiger partial charge in [0.05, 0.1) is 11.8 Å². The fourth-order valence-electron chi connectivity index (χ4n) is 1.99. The molecule has 1 saturated heterocycles. The van der Waals surface area contributed by atoms with Gasteiger partial charge in [-0.2, -0.15) is 0 Å². The van der Waals surface area contributed by atoms with E-state index in [1.165, 1.54) is 4.57 Å². The van der Waals surface area contributed by atoms with Crippen LogP contribution in [0.1, 0.15) is 29.0 Å². The minimum atomic E-state index is -1.11. The first-order chi connectivity index (χ1) is 7.59. The number of hydrogen-bond acceptors (Lipinski definition) is 3. The molecule has 1 aliphatic rings. The summed E-state index contributed by atoms with van der Waals surface area (Å²) in [6.45, 7) is 0.714.